The number of nitrogens with one attached hydrogen (secondary N) is 1. The van der Waals surface area contributed by atoms with Gasteiger partial charge < -0.3 is 9.80 Å². The van der Waals surface area contributed by atoms with Crippen molar-refractivity contribution < 1.29 is 13.2 Å². The molecule has 1 aliphatic rings. The number of likely N-dealkylation sites (tertiary alicyclic amines) is 1. The molecule has 0 saturated carbocycles. The molecule has 156 valence electrons. The summed E-state index contributed by atoms with van der Waals surface area (Å²) in [5.41, 5.74) is 1.80. The summed E-state index contributed by atoms with van der Waals surface area (Å²) in [6.45, 7) is 2.94. The fourth-order valence-electron chi connectivity index (χ4n) is 3.75. The van der Waals surface area contributed by atoms with Crippen LogP contribution in [0, 0.1) is 0 Å². The van der Waals surface area contributed by atoms with E-state index in [-0.39, 0.29) is 23.3 Å². The minimum absolute atomic E-state index is 0.0305. The molecule has 29 heavy (non-hydrogen) atoms. The molecular formula is C22H29N3O3S. The summed E-state index contributed by atoms with van der Waals surface area (Å²) in [6.07, 6.45) is 2.56. The number of benzene rings is 2. The van der Waals surface area contributed by atoms with Crippen LogP contribution in [0.4, 0.5) is 0 Å². The van der Waals surface area contributed by atoms with Gasteiger partial charge in [0.25, 0.3) is 0 Å². The van der Waals surface area contributed by atoms with E-state index in [0.717, 1.165) is 25.2 Å². The fourth-order valence-corrected chi connectivity index (χ4v) is 4.55. The van der Waals surface area contributed by atoms with Crippen LogP contribution in [0.15, 0.2) is 59.5 Å². The van der Waals surface area contributed by atoms with Crippen LogP contribution in [0.5, 0.6) is 0 Å². The lowest BCUT2D eigenvalue weighted by Gasteiger charge is -2.32. The lowest BCUT2D eigenvalue weighted by atomic mass is 10.0. The Labute approximate surface area is 173 Å². The Bertz CT molecular complexity index is 925. The highest BCUT2D eigenvalue weighted by atomic mass is 32.2. The first kappa shape index (κ1) is 21.5. The minimum atomic E-state index is -3.53. The SMILES string of the molecule is CNS(=O)(=O)c1cccc(CC(=O)N(C)[C@H](CN2CCCC2)c2ccccc2)c1. The van der Waals surface area contributed by atoms with Gasteiger partial charge in [-0.1, -0.05) is 42.5 Å². The molecule has 1 amide bonds. The van der Waals surface area contributed by atoms with Crippen molar-refractivity contribution in [2.75, 3.05) is 33.7 Å². The Morgan fingerprint density at radius 1 is 1.10 bits per heavy atom. The van der Waals surface area contributed by atoms with Crippen molar-refractivity contribution in [1.82, 2.24) is 14.5 Å². The Kier molecular flexibility index (Phi) is 7.05. The fraction of sp³-hybridized carbons (Fsp3) is 0.409. The minimum Gasteiger partial charge on any atom is -0.337 e. The highest BCUT2D eigenvalue weighted by molar-refractivity contribution is 7.89. The first-order valence-corrected chi connectivity index (χ1v) is 11.4. The average Bonchev–Trinajstić information content (AvgIpc) is 3.25. The van der Waals surface area contributed by atoms with Crippen LogP contribution in [0.2, 0.25) is 0 Å². The van der Waals surface area contributed by atoms with Gasteiger partial charge in [-0.15, -0.1) is 0 Å². The van der Waals surface area contributed by atoms with Crippen molar-refractivity contribution in [3.05, 3.63) is 65.7 Å². The first-order valence-electron chi connectivity index (χ1n) is 9.96. The van der Waals surface area contributed by atoms with Gasteiger partial charge in [-0.3, -0.25) is 4.79 Å². The van der Waals surface area contributed by atoms with E-state index in [1.165, 1.54) is 26.0 Å². The second-order valence-electron chi connectivity index (χ2n) is 7.47. The number of likely N-dealkylation sites (N-methyl/N-ethyl adjacent to an activating group) is 1. The second kappa shape index (κ2) is 9.52. The van der Waals surface area contributed by atoms with E-state index in [9.17, 15) is 13.2 Å². The van der Waals surface area contributed by atoms with E-state index >= 15 is 0 Å². The van der Waals surface area contributed by atoms with Crippen LogP contribution in [0.25, 0.3) is 0 Å². The van der Waals surface area contributed by atoms with Gasteiger partial charge in [-0.05, 0) is 56.2 Å². The van der Waals surface area contributed by atoms with Gasteiger partial charge in [0.2, 0.25) is 15.9 Å². The summed E-state index contributed by atoms with van der Waals surface area (Å²) in [5.74, 6) is -0.0305. The van der Waals surface area contributed by atoms with Crippen LogP contribution in [0.1, 0.15) is 30.0 Å². The number of nitrogens with zero attached hydrogens (tertiary/aromatic N) is 2. The zero-order chi connectivity index (χ0) is 20.9. The average molecular weight is 416 g/mol. The third-order valence-electron chi connectivity index (χ3n) is 5.51. The van der Waals surface area contributed by atoms with E-state index in [4.69, 9.17) is 0 Å². The van der Waals surface area contributed by atoms with E-state index < -0.39 is 10.0 Å². The molecular weight excluding hydrogens is 386 g/mol. The normalized spacial score (nSPS) is 15.9. The molecule has 2 aromatic rings. The predicted molar refractivity (Wildman–Crippen MR) is 114 cm³/mol. The molecule has 1 saturated heterocycles. The van der Waals surface area contributed by atoms with Gasteiger partial charge in [-0.25, -0.2) is 13.1 Å². The number of sulfonamides is 1. The molecule has 6 nitrogen and oxygen atoms in total. The summed E-state index contributed by atoms with van der Waals surface area (Å²) in [4.78, 5) is 17.4. The molecule has 1 fully saturated rings. The quantitative estimate of drug-likeness (QED) is 0.719. The van der Waals surface area contributed by atoms with Gasteiger partial charge >= 0.3 is 0 Å². The van der Waals surface area contributed by atoms with Gasteiger partial charge in [0.1, 0.15) is 0 Å². The summed E-state index contributed by atoms with van der Waals surface area (Å²) in [6, 6.07) is 16.6. The van der Waals surface area contributed by atoms with Crippen LogP contribution in [0.3, 0.4) is 0 Å². The molecule has 0 radical (unpaired) electrons. The summed E-state index contributed by atoms with van der Waals surface area (Å²) in [5, 5.41) is 0. The zero-order valence-electron chi connectivity index (χ0n) is 17.0. The van der Waals surface area contributed by atoms with Crippen LogP contribution in [-0.4, -0.2) is 57.9 Å². The molecule has 1 N–H and O–H groups in total. The number of carbonyl (C=O) groups excluding carboxylic acids is 1. The summed E-state index contributed by atoms with van der Waals surface area (Å²) in [7, 11) is -0.317. The monoisotopic (exact) mass is 415 g/mol. The molecule has 7 heteroatoms. The summed E-state index contributed by atoms with van der Waals surface area (Å²) < 4.78 is 26.4. The van der Waals surface area contributed by atoms with E-state index in [0.29, 0.717) is 5.56 Å². The zero-order valence-corrected chi connectivity index (χ0v) is 17.9. The number of hydrogen-bond acceptors (Lipinski definition) is 4. The molecule has 0 aromatic heterocycles. The van der Waals surface area contributed by atoms with Crippen molar-refractivity contribution in [3.63, 3.8) is 0 Å². The molecule has 1 aliphatic heterocycles. The standard InChI is InChI=1S/C22H29N3O3S/c1-23-29(27,28)20-12-8-9-18(15-20)16-22(26)24(2)21(17-25-13-6-7-14-25)19-10-4-3-5-11-19/h3-5,8-12,15,21,23H,6-7,13-14,16-17H2,1-2H3/t21-/m1/s1. The number of rotatable bonds is 8. The van der Waals surface area contributed by atoms with E-state index in [1.807, 2.05) is 25.2 Å². The van der Waals surface area contributed by atoms with Crippen LogP contribution in [-0.2, 0) is 21.2 Å². The largest absolute Gasteiger partial charge is 0.337 e. The Morgan fingerprint density at radius 2 is 1.79 bits per heavy atom. The van der Waals surface area contributed by atoms with Crippen molar-refractivity contribution in [1.29, 1.82) is 0 Å². The third kappa shape index (κ3) is 5.44. The maximum absolute atomic E-state index is 13.1. The molecule has 1 heterocycles. The van der Waals surface area contributed by atoms with Crippen molar-refractivity contribution in [2.45, 2.75) is 30.2 Å². The molecule has 1 atom stereocenters. The third-order valence-corrected chi connectivity index (χ3v) is 6.92. The van der Waals surface area contributed by atoms with Gasteiger partial charge in [-0.2, -0.15) is 0 Å². The predicted octanol–water partition coefficient (Wildman–Crippen LogP) is 2.43. The van der Waals surface area contributed by atoms with E-state index in [1.54, 1.807) is 23.1 Å². The van der Waals surface area contributed by atoms with Crippen molar-refractivity contribution in [3.8, 4) is 0 Å². The number of amides is 1. The first-order chi connectivity index (χ1) is 13.9. The highest BCUT2D eigenvalue weighted by Gasteiger charge is 2.25. The van der Waals surface area contributed by atoms with Gasteiger partial charge in [0, 0.05) is 13.6 Å². The molecule has 0 bridgehead atoms. The molecule has 3 rings (SSSR count). The lowest BCUT2D eigenvalue weighted by Crippen LogP contribution is -2.39. The maximum Gasteiger partial charge on any atom is 0.240 e. The lowest BCUT2D eigenvalue weighted by molar-refractivity contribution is -0.131. The van der Waals surface area contributed by atoms with Gasteiger partial charge in [0.15, 0.2) is 0 Å². The van der Waals surface area contributed by atoms with E-state index in [2.05, 4.69) is 21.8 Å². The van der Waals surface area contributed by atoms with Gasteiger partial charge in [0.05, 0.1) is 17.4 Å². The maximum atomic E-state index is 13.1. The second-order valence-corrected chi connectivity index (χ2v) is 9.36. The highest BCUT2D eigenvalue weighted by Crippen LogP contribution is 2.24. The number of carbonyl (C=O) groups is 1. The Balaban J connectivity index is 1.78. The summed E-state index contributed by atoms with van der Waals surface area (Å²) >= 11 is 0. The molecule has 0 spiro atoms. The van der Waals surface area contributed by atoms with Crippen molar-refractivity contribution in [2.24, 2.45) is 0 Å². The topological polar surface area (TPSA) is 69.7 Å². The van der Waals surface area contributed by atoms with Crippen molar-refractivity contribution >= 4 is 15.9 Å². The Morgan fingerprint density at radius 3 is 2.45 bits per heavy atom. The molecule has 2 aromatic carbocycles. The molecule has 0 aliphatic carbocycles. The number of hydrogen-bond donors (Lipinski definition) is 1. The van der Waals surface area contributed by atoms with Crippen LogP contribution >= 0.6 is 0 Å². The Hall–Kier alpha value is -2.22. The van der Waals surface area contributed by atoms with Crippen LogP contribution < -0.4 is 4.72 Å². The molecule has 0 unspecified atom stereocenters. The smallest absolute Gasteiger partial charge is 0.240 e.